The second kappa shape index (κ2) is 5.14. The van der Waals surface area contributed by atoms with Gasteiger partial charge in [0.15, 0.2) is 0 Å². The van der Waals surface area contributed by atoms with Gasteiger partial charge in [-0.3, -0.25) is 4.79 Å². The molecule has 0 aliphatic heterocycles. The zero-order valence-electron chi connectivity index (χ0n) is 11.5. The molecule has 0 bridgehead atoms. The first kappa shape index (κ1) is 13.1. The first-order chi connectivity index (χ1) is 8.99. The van der Waals surface area contributed by atoms with Crippen LogP contribution in [0.5, 0.6) is 0 Å². The molecule has 0 fully saturated rings. The molecule has 19 heavy (non-hydrogen) atoms. The van der Waals surface area contributed by atoms with E-state index in [4.69, 9.17) is 5.73 Å². The first-order valence-electron chi connectivity index (χ1n) is 6.20. The predicted octanol–water partition coefficient (Wildman–Crippen LogP) is 3.16. The van der Waals surface area contributed by atoms with E-state index >= 15 is 0 Å². The molecule has 2 aromatic carbocycles. The maximum absolute atomic E-state index is 12.4. The number of hydrogen-bond acceptors (Lipinski definition) is 2. The van der Waals surface area contributed by atoms with Gasteiger partial charge in [-0.25, -0.2) is 0 Å². The molecule has 2 aromatic rings. The Bertz CT molecular complexity index is 620. The fourth-order valence-corrected chi connectivity index (χ4v) is 1.92. The van der Waals surface area contributed by atoms with Gasteiger partial charge < -0.3 is 10.6 Å². The molecule has 0 aliphatic carbocycles. The fourth-order valence-electron chi connectivity index (χ4n) is 1.92. The van der Waals surface area contributed by atoms with Crippen LogP contribution in [0.15, 0.2) is 42.5 Å². The quantitative estimate of drug-likeness (QED) is 0.837. The summed E-state index contributed by atoms with van der Waals surface area (Å²) in [5, 5.41) is 0. The molecule has 0 saturated carbocycles. The van der Waals surface area contributed by atoms with Crippen molar-refractivity contribution in [3.05, 3.63) is 59.2 Å². The lowest BCUT2D eigenvalue weighted by atomic mass is 10.1. The Kier molecular flexibility index (Phi) is 3.56. The van der Waals surface area contributed by atoms with E-state index in [2.05, 4.69) is 6.92 Å². The molecule has 0 heterocycles. The van der Waals surface area contributed by atoms with Crippen LogP contribution in [0.25, 0.3) is 0 Å². The maximum Gasteiger partial charge on any atom is 0.258 e. The minimum Gasteiger partial charge on any atom is -0.399 e. The minimum atomic E-state index is -0.0597. The molecule has 0 aromatic heterocycles. The molecule has 0 saturated heterocycles. The molecule has 0 unspecified atom stereocenters. The highest BCUT2D eigenvalue weighted by atomic mass is 16.2. The van der Waals surface area contributed by atoms with Crippen LogP contribution in [-0.2, 0) is 0 Å². The Hall–Kier alpha value is -2.29. The predicted molar refractivity (Wildman–Crippen MR) is 79.5 cm³/mol. The highest BCUT2D eigenvalue weighted by Gasteiger charge is 2.13. The van der Waals surface area contributed by atoms with Crippen LogP contribution < -0.4 is 10.6 Å². The summed E-state index contributed by atoms with van der Waals surface area (Å²) >= 11 is 0. The molecule has 0 atom stereocenters. The van der Waals surface area contributed by atoms with Crippen LogP contribution in [0.1, 0.15) is 21.5 Å². The van der Waals surface area contributed by atoms with Crippen molar-refractivity contribution in [2.24, 2.45) is 0 Å². The molecule has 98 valence electrons. The lowest BCUT2D eigenvalue weighted by Crippen LogP contribution is -2.26. The van der Waals surface area contributed by atoms with E-state index in [9.17, 15) is 4.79 Å². The van der Waals surface area contributed by atoms with E-state index in [0.717, 1.165) is 5.69 Å². The summed E-state index contributed by atoms with van der Waals surface area (Å²) in [5.41, 5.74) is 10.2. The van der Waals surface area contributed by atoms with Gasteiger partial charge in [0.1, 0.15) is 0 Å². The molecular weight excluding hydrogens is 236 g/mol. The van der Waals surface area contributed by atoms with Crippen LogP contribution in [0.2, 0.25) is 0 Å². The lowest BCUT2D eigenvalue weighted by molar-refractivity contribution is 0.0993. The van der Waals surface area contributed by atoms with Crippen molar-refractivity contribution in [3.63, 3.8) is 0 Å². The Morgan fingerprint density at radius 1 is 1.05 bits per heavy atom. The number of anilines is 2. The third-order valence-electron chi connectivity index (χ3n) is 3.32. The average Bonchev–Trinajstić information content (AvgIpc) is 2.40. The molecule has 3 nitrogen and oxygen atoms in total. The summed E-state index contributed by atoms with van der Waals surface area (Å²) in [7, 11) is 1.77. The molecule has 3 heteroatoms. The number of hydrogen-bond donors (Lipinski definition) is 1. The van der Waals surface area contributed by atoms with Crippen molar-refractivity contribution in [2.45, 2.75) is 13.8 Å². The van der Waals surface area contributed by atoms with Gasteiger partial charge in [0.2, 0.25) is 0 Å². The summed E-state index contributed by atoms with van der Waals surface area (Å²) in [5.74, 6) is -0.0597. The number of carbonyl (C=O) groups is 1. The normalized spacial score (nSPS) is 10.3. The van der Waals surface area contributed by atoms with Crippen molar-refractivity contribution < 1.29 is 4.79 Å². The Balaban J connectivity index is 2.30. The smallest absolute Gasteiger partial charge is 0.258 e. The van der Waals surface area contributed by atoms with Crippen molar-refractivity contribution >= 4 is 17.3 Å². The van der Waals surface area contributed by atoms with Crippen molar-refractivity contribution in [1.82, 2.24) is 0 Å². The summed E-state index contributed by atoms with van der Waals surface area (Å²) in [6.45, 7) is 4.09. The van der Waals surface area contributed by atoms with E-state index in [0.29, 0.717) is 11.3 Å². The molecule has 1 amide bonds. The number of aryl methyl sites for hydroxylation is 2. The van der Waals surface area contributed by atoms with Crippen LogP contribution in [-0.4, -0.2) is 13.0 Å². The second-order valence-electron chi connectivity index (χ2n) is 4.76. The SMILES string of the molecule is Cc1ccc(N(C)C(=O)c2cccc(N)c2)cc1C. The Morgan fingerprint density at radius 2 is 1.79 bits per heavy atom. The monoisotopic (exact) mass is 254 g/mol. The van der Waals surface area contributed by atoms with E-state index in [1.165, 1.54) is 11.1 Å². The summed E-state index contributed by atoms with van der Waals surface area (Å²) < 4.78 is 0. The maximum atomic E-state index is 12.4. The summed E-state index contributed by atoms with van der Waals surface area (Å²) in [6, 6.07) is 13.0. The molecule has 0 radical (unpaired) electrons. The van der Waals surface area contributed by atoms with Crippen LogP contribution >= 0.6 is 0 Å². The molecule has 0 aliphatic rings. The first-order valence-corrected chi connectivity index (χ1v) is 6.20. The second-order valence-corrected chi connectivity index (χ2v) is 4.76. The number of nitrogen functional groups attached to an aromatic ring is 1. The Labute approximate surface area is 113 Å². The minimum absolute atomic E-state index is 0.0597. The highest BCUT2D eigenvalue weighted by molar-refractivity contribution is 6.06. The van der Waals surface area contributed by atoms with Gasteiger partial charge in [-0.1, -0.05) is 12.1 Å². The van der Waals surface area contributed by atoms with Gasteiger partial charge in [0, 0.05) is 24.0 Å². The third-order valence-corrected chi connectivity index (χ3v) is 3.32. The van der Waals surface area contributed by atoms with Gasteiger partial charge in [-0.05, 0) is 55.3 Å². The molecule has 2 rings (SSSR count). The average molecular weight is 254 g/mol. The lowest BCUT2D eigenvalue weighted by Gasteiger charge is -2.18. The largest absolute Gasteiger partial charge is 0.399 e. The van der Waals surface area contributed by atoms with Gasteiger partial charge in [-0.2, -0.15) is 0 Å². The summed E-state index contributed by atoms with van der Waals surface area (Å²) in [6.07, 6.45) is 0. The number of nitrogens with zero attached hydrogens (tertiary/aromatic N) is 1. The van der Waals surface area contributed by atoms with Crippen LogP contribution in [0.4, 0.5) is 11.4 Å². The number of nitrogens with two attached hydrogens (primary N) is 1. The third kappa shape index (κ3) is 2.76. The zero-order chi connectivity index (χ0) is 14.0. The van der Waals surface area contributed by atoms with Crippen LogP contribution in [0, 0.1) is 13.8 Å². The van der Waals surface area contributed by atoms with Gasteiger partial charge in [0.25, 0.3) is 5.91 Å². The Morgan fingerprint density at radius 3 is 2.42 bits per heavy atom. The number of rotatable bonds is 2. The highest BCUT2D eigenvalue weighted by Crippen LogP contribution is 2.20. The number of carbonyl (C=O) groups excluding carboxylic acids is 1. The van der Waals surface area contributed by atoms with E-state index in [1.807, 2.05) is 25.1 Å². The molecule has 2 N–H and O–H groups in total. The van der Waals surface area contributed by atoms with Crippen molar-refractivity contribution in [1.29, 1.82) is 0 Å². The standard InChI is InChI=1S/C16H18N2O/c1-11-7-8-15(9-12(11)2)18(3)16(19)13-5-4-6-14(17)10-13/h4-10H,17H2,1-3H3. The summed E-state index contributed by atoms with van der Waals surface area (Å²) in [4.78, 5) is 14.0. The van der Waals surface area contributed by atoms with Crippen molar-refractivity contribution in [3.8, 4) is 0 Å². The van der Waals surface area contributed by atoms with E-state index < -0.39 is 0 Å². The van der Waals surface area contributed by atoms with E-state index in [1.54, 1.807) is 36.2 Å². The van der Waals surface area contributed by atoms with Gasteiger partial charge >= 0.3 is 0 Å². The van der Waals surface area contributed by atoms with Crippen molar-refractivity contribution in [2.75, 3.05) is 17.7 Å². The molecular formula is C16H18N2O. The molecule has 0 spiro atoms. The van der Waals surface area contributed by atoms with Crippen LogP contribution in [0.3, 0.4) is 0 Å². The zero-order valence-corrected chi connectivity index (χ0v) is 11.5. The number of benzene rings is 2. The van der Waals surface area contributed by atoms with Gasteiger partial charge in [-0.15, -0.1) is 0 Å². The number of amides is 1. The topological polar surface area (TPSA) is 46.3 Å². The fraction of sp³-hybridized carbons (Fsp3) is 0.188. The van der Waals surface area contributed by atoms with E-state index in [-0.39, 0.29) is 5.91 Å². The van der Waals surface area contributed by atoms with Gasteiger partial charge in [0.05, 0.1) is 0 Å².